The fourth-order valence-corrected chi connectivity index (χ4v) is 2.68. The third-order valence-electron chi connectivity index (χ3n) is 3.02. The highest BCUT2D eigenvalue weighted by molar-refractivity contribution is 7.86. The third-order valence-corrected chi connectivity index (χ3v) is 4.22. The molecule has 2 N–H and O–H groups in total. The number of hydrogen-bond donors (Lipinski definition) is 2. The predicted molar refractivity (Wildman–Crippen MR) is 68.0 cm³/mol. The van der Waals surface area contributed by atoms with E-state index in [-0.39, 0.29) is 19.6 Å². The van der Waals surface area contributed by atoms with E-state index in [0.29, 0.717) is 0 Å². The molecule has 0 spiro atoms. The standard InChI is InChI=1S/C12H15NO5S/c14-12(18-8-9-4-2-1-3-5-9)11-6-10(7-13-11)19(15,16)17/h1-5,10-11,13H,6-8H2,(H,15,16,17)/t10?,11-/m0/s1. The van der Waals surface area contributed by atoms with Gasteiger partial charge in [0.15, 0.2) is 0 Å². The lowest BCUT2D eigenvalue weighted by Crippen LogP contribution is -2.32. The molecule has 1 saturated heterocycles. The third kappa shape index (κ3) is 3.76. The molecule has 2 rings (SSSR count). The normalized spacial score (nSPS) is 23.2. The van der Waals surface area contributed by atoms with Crippen LogP contribution in [0.15, 0.2) is 30.3 Å². The minimum atomic E-state index is -4.11. The summed E-state index contributed by atoms with van der Waals surface area (Å²) in [4.78, 5) is 11.7. The first-order chi connectivity index (χ1) is 8.97. The maximum absolute atomic E-state index is 11.7. The number of esters is 1. The lowest BCUT2D eigenvalue weighted by molar-refractivity contribution is -0.147. The Morgan fingerprint density at radius 1 is 1.37 bits per heavy atom. The predicted octanol–water partition coefficient (Wildman–Crippen LogP) is 0.348. The van der Waals surface area contributed by atoms with Gasteiger partial charge in [0.1, 0.15) is 17.9 Å². The van der Waals surface area contributed by atoms with Gasteiger partial charge in [-0.15, -0.1) is 0 Å². The summed E-state index contributed by atoms with van der Waals surface area (Å²) >= 11 is 0. The van der Waals surface area contributed by atoms with Gasteiger partial charge in [-0.05, 0) is 12.0 Å². The van der Waals surface area contributed by atoms with Crippen molar-refractivity contribution in [2.24, 2.45) is 0 Å². The van der Waals surface area contributed by atoms with Crippen molar-refractivity contribution >= 4 is 16.1 Å². The number of benzene rings is 1. The van der Waals surface area contributed by atoms with Gasteiger partial charge in [-0.25, -0.2) is 0 Å². The molecule has 1 aromatic carbocycles. The van der Waals surface area contributed by atoms with Crippen molar-refractivity contribution in [2.45, 2.75) is 24.3 Å². The Morgan fingerprint density at radius 3 is 2.63 bits per heavy atom. The molecule has 2 atom stereocenters. The number of carbonyl (C=O) groups excluding carboxylic acids is 1. The van der Waals surface area contributed by atoms with Gasteiger partial charge in [0.2, 0.25) is 0 Å². The molecule has 1 fully saturated rings. The lowest BCUT2D eigenvalue weighted by atomic mass is 10.2. The zero-order valence-corrected chi connectivity index (χ0v) is 11.0. The average molecular weight is 285 g/mol. The molecule has 1 aliphatic rings. The van der Waals surface area contributed by atoms with Crippen LogP contribution >= 0.6 is 0 Å². The molecule has 1 aliphatic heterocycles. The van der Waals surface area contributed by atoms with Crippen molar-refractivity contribution in [3.8, 4) is 0 Å². The van der Waals surface area contributed by atoms with Crippen LogP contribution in [0.5, 0.6) is 0 Å². The largest absolute Gasteiger partial charge is 0.460 e. The van der Waals surface area contributed by atoms with Crippen molar-refractivity contribution in [3.63, 3.8) is 0 Å². The monoisotopic (exact) mass is 285 g/mol. The molecule has 0 radical (unpaired) electrons. The first kappa shape index (κ1) is 14.0. The first-order valence-corrected chi connectivity index (χ1v) is 7.37. The van der Waals surface area contributed by atoms with Crippen molar-refractivity contribution in [2.75, 3.05) is 6.54 Å². The van der Waals surface area contributed by atoms with Crippen molar-refractivity contribution in [3.05, 3.63) is 35.9 Å². The fourth-order valence-electron chi connectivity index (χ4n) is 1.94. The Morgan fingerprint density at radius 2 is 2.05 bits per heavy atom. The number of nitrogens with one attached hydrogen (secondary N) is 1. The molecule has 0 saturated carbocycles. The topological polar surface area (TPSA) is 92.7 Å². The van der Waals surface area contributed by atoms with E-state index in [9.17, 15) is 13.2 Å². The SMILES string of the molecule is O=C(OCc1ccccc1)[C@@H]1CC(S(=O)(=O)O)CN1. The van der Waals surface area contributed by atoms with E-state index in [1.165, 1.54) is 0 Å². The van der Waals surface area contributed by atoms with Crippen LogP contribution in [-0.2, 0) is 26.3 Å². The van der Waals surface area contributed by atoms with Crippen molar-refractivity contribution < 1.29 is 22.5 Å². The van der Waals surface area contributed by atoms with Crippen LogP contribution in [0.1, 0.15) is 12.0 Å². The quantitative estimate of drug-likeness (QED) is 0.612. The van der Waals surface area contributed by atoms with Gasteiger partial charge in [-0.1, -0.05) is 30.3 Å². The summed E-state index contributed by atoms with van der Waals surface area (Å²) in [5.74, 6) is -0.505. The number of carbonyl (C=O) groups is 1. The molecule has 104 valence electrons. The van der Waals surface area contributed by atoms with Gasteiger partial charge in [-0.3, -0.25) is 9.35 Å². The highest BCUT2D eigenvalue weighted by Crippen LogP contribution is 2.15. The Balaban J connectivity index is 1.85. The zero-order valence-electron chi connectivity index (χ0n) is 10.2. The van der Waals surface area contributed by atoms with Crippen LogP contribution < -0.4 is 5.32 Å². The molecule has 0 amide bonds. The molecule has 6 nitrogen and oxygen atoms in total. The molecule has 0 bridgehead atoms. The van der Waals surface area contributed by atoms with E-state index >= 15 is 0 Å². The van der Waals surface area contributed by atoms with Gasteiger partial charge in [0.05, 0.1) is 0 Å². The van der Waals surface area contributed by atoms with Crippen molar-refractivity contribution in [1.29, 1.82) is 0 Å². The fraction of sp³-hybridized carbons (Fsp3) is 0.417. The van der Waals surface area contributed by atoms with Gasteiger partial charge in [0, 0.05) is 6.54 Å². The molecule has 1 heterocycles. The molecule has 0 aromatic heterocycles. The van der Waals surface area contributed by atoms with Crippen molar-refractivity contribution in [1.82, 2.24) is 5.32 Å². The highest BCUT2D eigenvalue weighted by Gasteiger charge is 2.37. The highest BCUT2D eigenvalue weighted by atomic mass is 32.2. The van der Waals surface area contributed by atoms with Gasteiger partial charge < -0.3 is 10.1 Å². The summed E-state index contributed by atoms with van der Waals surface area (Å²) in [5, 5.41) is 1.79. The summed E-state index contributed by atoms with van der Waals surface area (Å²) in [7, 11) is -4.11. The molecule has 0 aliphatic carbocycles. The Bertz CT molecular complexity index is 542. The minimum absolute atomic E-state index is 0.0342. The lowest BCUT2D eigenvalue weighted by Gasteiger charge is -2.10. The van der Waals surface area contributed by atoms with E-state index in [4.69, 9.17) is 9.29 Å². The molecule has 1 unspecified atom stereocenters. The zero-order chi connectivity index (χ0) is 13.9. The number of hydrogen-bond acceptors (Lipinski definition) is 5. The van der Waals surface area contributed by atoms with Crippen LogP contribution in [0.25, 0.3) is 0 Å². The van der Waals surface area contributed by atoms with E-state index in [2.05, 4.69) is 5.32 Å². The second-order valence-electron chi connectivity index (χ2n) is 4.43. The summed E-state index contributed by atoms with van der Waals surface area (Å²) in [6, 6.07) is 8.51. The minimum Gasteiger partial charge on any atom is -0.460 e. The summed E-state index contributed by atoms with van der Waals surface area (Å²) < 4.78 is 35.9. The maximum atomic E-state index is 11.7. The number of rotatable bonds is 4. The molecular weight excluding hydrogens is 270 g/mol. The summed E-state index contributed by atoms with van der Waals surface area (Å²) in [6.45, 7) is 0.207. The van der Waals surface area contributed by atoms with E-state index < -0.39 is 27.4 Å². The smallest absolute Gasteiger partial charge is 0.323 e. The van der Waals surface area contributed by atoms with Crippen LogP contribution in [0.3, 0.4) is 0 Å². The van der Waals surface area contributed by atoms with Crippen LogP contribution in [-0.4, -0.2) is 36.8 Å². The van der Waals surface area contributed by atoms with Crippen LogP contribution in [0.4, 0.5) is 0 Å². The Labute approximate surface area is 111 Å². The molecule has 1 aromatic rings. The summed E-state index contributed by atoms with van der Waals surface area (Å²) in [5.41, 5.74) is 0.861. The molecular formula is C12H15NO5S. The van der Waals surface area contributed by atoms with Crippen LogP contribution in [0, 0.1) is 0 Å². The van der Waals surface area contributed by atoms with Gasteiger partial charge in [0.25, 0.3) is 10.1 Å². The van der Waals surface area contributed by atoms with E-state index in [1.807, 2.05) is 30.3 Å². The maximum Gasteiger partial charge on any atom is 0.323 e. The average Bonchev–Trinajstić information content (AvgIpc) is 2.87. The van der Waals surface area contributed by atoms with Crippen LogP contribution in [0.2, 0.25) is 0 Å². The Kier molecular flexibility index (Phi) is 4.18. The molecule has 19 heavy (non-hydrogen) atoms. The van der Waals surface area contributed by atoms with E-state index in [0.717, 1.165) is 5.56 Å². The molecule has 7 heteroatoms. The first-order valence-electron chi connectivity index (χ1n) is 5.87. The second kappa shape index (κ2) is 5.68. The van der Waals surface area contributed by atoms with Gasteiger partial charge >= 0.3 is 5.97 Å². The summed E-state index contributed by atoms with van der Waals surface area (Å²) in [6.07, 6.45) is 0.0342. The van der Waals surface area contributed by atoms with E-state index in [1.54, 1.807) is 0 Å². The van der Waals surface area contributed by atoms with Gasteiger partial charge in [-0.2, -0.15) is 8.42 Å². The Hall–Kier alpha value is -1.44. The second-order valence-corrected chi connectivity index (χ2v) is 6.12. The number of ether oxygens (including phenoxy) is 1.